The Kier molecular flexibility index (Phi) is 6.84. The first-order chi connectivity index (χ1) is 12.5. The third kappa shape index (κ3) is 4.24. The number of phenols is 1. The minimum absolute atomic E-state index is 0. The Morgan fingerprint density at radius 3 is 1.74 bits per heavy atom. The summed E-state index contributed by atoms with van der Waals surface area (Å²) in [6.45, 7) is 4.07. The van der Waals surface area contributed by atoms with Crippen molar-refractivity contribution in [3.63, 3.8) is 0 Å². The molecule has 0 aliphatic rings. The summed E-state index contributed by atoms with van der Waals surface area (Å²) < 4.78 is 0. The molecule has 0 saturated heterocycles. The second-order valence-corrected chi connectivity index (χ2v) is 6.53. The van der Waals surface area contributed by atoms with Gasteiger partial charge in [-0.05, 0) is 22.8 Å². The molecule has 0 aromatic heterocycles. The van der Waals surface area contributed by atoms with Gasteiger partial charge in [0.1, 0.15) is 11.3 Å². The van der Waals surface area contributed by atoms with Crippen molar-refractivity contribution in [2.24, 2.45) is 0 Å². The smallest absolute Gasteiger partial charge is 0.339 e. The van der Waals surface area contributed by atoms with Crippen molar-refractivity contribution in [2.75, 3.05) is 0 Å². The summed E-state index contributed by atoms with van der Waals surface area (Å²) in [5, 5.41) is 20.2. The Bertz CT molecular complexity index is 908. The minimum atomic E-state index is -1.12. The Balaban J connectivity index is 0.00000261. The van der Waals surface area contributed by atoms with E-state index >= 15 is 0 Å². The number of hydrogen-bond acceptors (Lipinski definition) is 2. The SMILES string of the molecule is CC(c1ccccc1)c1ccc(C(=O)O)c(O)c1C(C)c1ccccc1.[Cu]. The molecule has 0 amide bonds. The maximum absolute atomic E-state index is 11.5. The van der Waals surface area contributed by atoms with Gasteiger partial charge in [0.05, 0.1) is 0 Å². The first kappa shape index (κ1) is 20.8. The fourth-order valence-electron chi connectivity index (χ4n) is 3.46. The van der Waals surface area contributed by atoms with Crippen LogP contribution in [0.5, 0.6) is 5.75 Å². The van der Waals surface area contributed by atoms with E-state index in [9.17, 15) is 15.0 Å². The van der Waals surface area contributed by atoms with Crippen LogP contribution in [0, 0.1) is 0 Å². The molecule has 3 rings (SSSR count). The van der Waals surface area contributed by atoms with E-state index in [1.54, 1.807) is 0 Å². The number of rotatable bonds is 5. The van der Waals surface area contributed by atoms with E-state index in [0.29, 0.717) is 5.56 Å². The van der Waals surface area contributed by atoms with E-state index in [4.69, 9.17) is 0 Å². The molecule has 4 heteroatoms. The first-order valence-corrected chi connectivity index (χ1v) is 8.69. The quantitative estimate of drug-likeness (QED) is 0.555. The molecule has 3 aromatic carbocycles. The van der Waals surface area contributed by atoms with Crippen LogP contribution in [0.15, 0.2) is 72.8 Å². The van der Waals surface area contributed by atoms with Gasteiger partial charge in [-0.25, -0.2) is 4.79 Å². The largest absolute Gasteiger partial charge is 0.507 e. The molecule has 1 radical (unpaired) electrons. The van der Waals surface area contributed by atoms with E-state index in [1.165, 1.54) is 6.07 Å². The average molecular weight is 410 g/mol. The van der Waals surface area contributed by atoms with Crippen molar-refractivity contribution in [3.8, 4) is 5.75 Å². The maximum Gasteiger partial charge on any atom is 0.339 e. The topological polar surface area (TPSA) is 57.5 Å². The van der Waals surface area contributed by atoms with Gasteiger partial charge in [0.25, 0.3) is 0 Å². The minimum Gasteiger partial charge on any atom is -0.507 e. The molecule has 143 valence electrons. The van der Waals surface area contributed by atoms with Crippen LogP contribution < -0.4 is 0 Å². The van der Waals surface area contributed by atoms with E-state index in [1.807, 2.05) is 73.7 Å². The van der Waals surface area contributed by atoms with Crippen molar-refractivity contribution < 1.29 is 32.1 Å². The molecule has 0 saturated carbocycles. The number of carbonyl (C=O) groups is 1. The summed E-state index contributed by atoms with van der Waals surface area (Å²) in [5.74, 6) is -1.36. The van der Waals surface area contributed by atoms with Crippen molar-refractivity contribution in [1.82, 2.24) is 0 Å². The summed E-state index contributed by atoms with van der Waals surface area (Å²) >= 11 is 0. The summed E-state index contributed by atoms with van der Waals surface area (Å²) in [5.41, 5.74) is 3.71. The van der Waals surface area contributed by atoms with E-state index < -0.39 is 5.97 Å². The van der Waals surface area contributed by atoms with Crippen molar-refractivity contribution in [2.45, 2.75) is 25.7 Å². The molecule has 2 N–H and O–H groups in total. The molecule has 3 aromatic rings. The summed E-state index contributed by atoms with van der Waals surface area (Å²) in [6, 6.07) is 23.2. The van der Waals surface area contributed by atoms with Crippen LogP contribution in [0.2, 0.25) is 0 Å². The van der Waals surface area contributed by atoms with Gasteiger partial charge in [0.2, 0.25) is 0 Å². The van der Waals surface area contributed by atoms with Crippen LogP contribution in [-0.4, -0.2) is 16.2 Å². The Morgan fingerprint density at radius 2 is 1.26 bits per heavy atom. The van der Waals surface area contributed by atoms with Gasteiger partial charge in [-0.2, -0.15) is 0 Å². The van der Waals surface area contributed by atoms with Gasteiger partial charge in [-0.1, -0.05) is 80.6 Å². The Morgan fingerprint density at radius 1 is 0.778 bits per heavy atom. The van der Waals surface area contributed by atoms with Crippen molar-refractivity contribution >= 4 is 5.97 Å². The fourth-order valence-corrected chi connectivity index (χ4v) is 3.46. The number of benzene rings is 3. The molecule has 0 bridgehead atoms. The van der Waals surface area contributed by atoms with Gasteiger partial charge in [0, 0.05) is 34.5 Å². The molecule has 0 spiro atoms. The van der Waals surface area contributed by atoms with Crippen molar-refractivity contribution in [3.05, 3.63) is 101 Å². The molecule has 0 aliphatic carbocycles. The molecular weight excluding hydrogens is 388 g/mol. The standard InChI is InChI=1S/C23H22O3.Cu/c1-15(17-9-5-3-6-10-17)19-13-14-20(23(25)26)22(24)21(19)16(2)18-11-7-4-8-12-18;/h3-16,24H,1-2H3,(H,25,26);. The zero-order valence-electron chi connectivity index (χ0n) is 15.2. The summed E-state index contributed by atoms with van der Waals surface area (Å²) in [4.78, 5) is 11.5. The van der Waals surface area contributed by atoms with Crippen LogP contribution in [-0.2, 0) is 17.1 Å². The molecule has 27 heavy (non-hydrogen) atoms. The monoisotopic (exact) mass is 409 g/mol. The Labute approximate surface area is 170 Å². The molecule has 0 fully saturated rings. The zero-order chi connectivity index (χ0) is 18.7. The van der Waals surface area contributed by atoms with Gasteiger partial charge >= 0.3 is 5.97 Å². The normalized spacial score (nSPS) is 12.7. The van der Waals surface area contributed by atoms with Crippen LogP contribution in [0.25, 0.3) is 0 Å². The third-order valence-corrected chi connectivity index (χ3v) is 4.98. The number of aromatic carboxylic acids is 1. The Hall–Kier alpha value is -2.55. The van der Waals surface area contributed by atoms with Crippen LogP contribution in [0.3, 0.4) is 0 Å². The number of carboxylic acids is 1. The maximum atomic E-state index is 11.5. The molecule has 0 aliphatic heterocycles. The van der Waals surface area contributed by atoms with E-state index in [2.05, 4.69) is 6.92 Å². The van der Waals surface area contributed by atoms with Crippen LogP contribution >= 0.6 is 0 Å². The second kappa shape index (κ2) is 8.90. The third-order valence-electron chi connectivity index (χ3n) is 4.98. The molecule has 0 heterocycles. The number of hydrogen-bond donors (Lipinski definition) is 2. The second-order valence-electron chi connectivity index (χ2n) is 6.53. The first-order valence-electron chi connectivity index (χ1n) is 8.69. The molecule has 3 nitrogen and oxygen atoms in total. The fraction of sp³-hybridized carbons (Fsp3) is 0.174. The predicted molar refractivity (Wildman–Crippen MR) is 103 cm³/mol. The van der Waals surface area contributed by atoms with Gasteiger partial charge in [-0.3, -0.25) is 0 Å². The van der Waals surface area contributed by atoms with Gasteiger partial charge < -0.3 is 10.2 Å². The van der Waals surface area contributed by atoms with Crippen LogP contribution in [0.1, 0.15) is 58.3 Å². The summed E-state index contributed by atoms with van der Waals surface area (Å²) in [7, 11) is 0. The molecule has 2 atom stereocenters. The predicted octanol–water partition coefficient (Wildman–Crippen LogP) is 5.39. The summed E-state index contributed by atoms with van der Waals surface area (Å²) in [6.07, 6.45) is 0. The number of carboxylic acid groups (broad SMARTS) is 1. The number of aromatic hydroxyl groups is 1. The van der Waals surface area contributed by atoms with Gasteiger partial charge in [0.15, 0.2) is 0 Å². The molecule has 2 unspecified atom stereocenters. The van der Waals surface area contributed by atoms with Crippen LogP contribution in [0.4, 0.5) is 0 Å². The average Bonchev–Trinajstić information content (AvgIpc) is 2.67. The zero-order valence-corrected chi connectivity index (χ0v) is 16.1. The van der Waals surface area contributed by atoms with E-state index in [0.717, 1.165) is 16.7 Å². The van der Waals surface area contributed by atoms with Crippen molar-refractivity contribution in [1.29, 1.82) is 0 Å². The van der Waals surface area contributed by atoms with E-state index in [-0.39, 0.29) is 40.2 Å². The van der Waals surface area contributed by atoms with Gasteiger partial charge in [-0.15, -0.1) is 0 Å². The molecular formula is C23H22CuO3.